The molecule has 0 radical (unpaired) electrons. The molecule has 9 heteroatoms. The summed E-state index contributed by atoms with van der Waals surface area (Å²) in [6, 6.07) is 9.12. The third-order valence-electron chi connectivity index (χ3n) is 3.54. The molecule has 3 aromatic rings. The number of nitrogens with one attached hydrogen (secondary N) is 2. The topological polar surface area (TPSA) is 96.9 Å². The van der Waals surface area contributed by atoms with E-state index in [9.17, 15) is 14.0 Å². The minimum absolute atomic E-state index is 0.119. The van der Waals surface area contributed by atoms with E-state index in [0.29, 0.717) is 23.7 Å². The number of rotatable bonds is 7. The SMILES string of the molecule is O=C(CCc1nnc(C(=O)Nc2ccc(F)cc2)s1)NCc1cccnc1. The lowest BCUT2D eigenvalue weighted by atomic mass is 10.2. The highest BCUT2D eigenvalue weighted by atomic mass is 32.1. The molecule has 7 nitrogen and oxygen atoms in total. The van der Waals surface area contributed by atoms with Crippen molar-refractivity contribution in [2.24, 2.45) is 0 Å². The number of benzene rings is 1. The van der Waals surface area contributed by atoms with Crippen molar-refractivity contribution in [3.8, 4) is 0 Å². The molecule has 0 unspecified atom stereocenters. The molecule has 2 aromatic heterocycles. The Bertz CT molecular complexity index is 915. The van der Waals surface area contributed by atoms with E-state index in [2.05, 4.69) is 25.8 Å². The van der Waals surface area contributed by atoms with Gasteiger partial charge in [-0.05, 0) is 35.9 Å². The van der Waals surface area contributed by atoms with Gasteiger partial charge in [-0.3, -0.25) is 14.6 Å². The number of carbonyl (C=O) groups excluding carboxylic acids is 2. The van der Waals surface area contributed by atoms with E-state index in [1.54, 1.807) is 18.5 Å². The summed E-state index contributed by atoms with van der Waals surface area (Å²) in [5, 5.41) is 14.0. The molecule has 3 rings (SSSR count). The highest BCUT2D eigenvalue weighted by molar-refractivity contribution is 7.13. The van der Waals surface area contributed by atoms with Crippen LogP contribution in [0.1, 0.15) is 26.8 Å². The first-order valence-electron chi connectivity index (χ1n) is 8.15. The van der Waals surface area contributed by atoms with Crippen molar-refractivity contribution < 1.29 is 14.0 Å². The summed E-state index contributed by atoms with van der Waals surface area (Å²) in [7, 11) is 0. The first kappa shape index (κ1) is 18.6. The summed E-state index contributed by atoms with van der Waals surface area (Å²) >= 11 is 1.12. The molecule has 0 aliphatic heterocycles. The van der Waals surface area contributed by atoms with Gasteiger partial charge in [0, 0.05) is 37.5 Å². The van der Waals surface area contributed by atoms with Gasteiger partial charge in [-0.15, -0.1) is 10.2 Å². The van der Waals surface area contributed by atoms with E-state index in [4.69, 9.17) is 0 Å². The van der Waals surface area contributed by atoms with Crippen LogP contribution in [0.25, 0.3) is 0 Å². The van der Waals surface area contributed by atoms with Crippen LogP contribution in [-0.4, -0.2) is 27.0 Å². The fourth-order valence-electron chi connectivity index (χ4n) is 2.18. The van der Waals surface area contributed by atoms with Gasteiger partial charge in [-0.25, -0.2) is 4.39 Å². The predicted octanol–water partition coefficient (Wildman–Crippen LogP) is 2.57. The normalized spacial score (nSPS) is 10.4. The van der Waals surface area contributed by atoms with Crippen molar-refractivity contribution in [3.63, 3.8) is 0 Å². The van der Waals surface area contributed by atoms with Gasteiger partial charge < -0.3 is 10.6 Å². The fraction of sp³-hybridized carbons (Fsp3) is 0.167. The smallest absolute Gasteiger partial charge is 0.286 e. The van der Waals surface area contributed by atoms with E-state index in [1.165, 1.54) is 24.3 Å². The lowest BCUT2D eigenvalue weighted by Crippen LogP contribution is -2.23. The van der Waals surface area contributed by atoms with Crippen LogP contribution >= 0.6 is 11.3 Å². The van der Waals surface area contributed by atoms with Gasteiger partial charge in [0.25, 0.3) is 5.91 Å². The van der Waals surface area contributed by atoms with Crippen LogP contribution in [0.4, 0.5) is 10.1 Å². The standard InChI is InChI=1S/C18H16FN5O2S/c19-13-3-5-14(6-4-13)22-17(26)18-24-23-16(27-18)8-7-15(25)21-11-12-2-1-9-20-10-12/h1-6,9-10H,7-8,11H2,(H,21,25)(H,22,26). The number of hydrogen-bond donors (Lipinski definition) is 2. The van der Waals surface area contributed by atoms with Crippen molar-refractivity contribution in [1.82, 2.24) is 20.5 Å². The number of halogens is 1. The number of pyridine rings is 1. The van der Waals surface area contributed by atoms with E-state index in [0.717, 1.165) is 16.9 Å². The zero-order valence-electron chi connectivity index (χ0n) is 14.2. The lowest BCUT2D eigenvalue weighted by molar-refractivity contribution is -0.121. The molecule has 0 spiro atoms. The number of aromatic nitrogens is 3. The Kier molecular flexibility index (Phi) is 6.16. The summed E-state index contributed by atoms with van der Waals surface area (Å²) in [6.07, 6.45) is 4.00. The minimum atomic E-state index is -0.425. The zero-order valence-corrected chi connectivity index (χ0v) is 15.0. The number of carbonyl (C=O) groups is 2. The molecule has 0 saturated heterocycles. The van der Waals surface area contributed by atoms with Gasteiger partial charge in [0.1, 0.15) is 10.8 Å². The van der Waals surface area contributed by atoms with Crippen molar-refractivity contribution in [1.29, 1.82) is 0 Å². The molecule has 0 saturated carbocycles. The number of aryl methyl sites for hydroxylation is 1. The number of hydrogen-bond acceptors (Lipinski definition) is 6. The molecule has 27 heavy (non-hydrogen) atoms. The van der Waals surface area contributed by atoms with Gasteiger partial charge in [0.05, 0.1) is 0 Å². The van der Waals surface area contributed by atoms with Crippen LogP contribution in [0.2, 0.25) is 0 Å². The predicted molar refractivity (Wildman–Crippen MR) is 98.7 cm³/mol. The van der Waals surface area contributed by atoms with E-state index < -0.39 is 5.91 Å². The molecule has 1 aromatic carbocycles. The minimum Gasteiger partial charge on any atom is -0.352 e. The summed E-state index contributed by atoms with van der Waals surface area (Å²) < 4.78 is 12.9. The highest BCUT2D eigenvalue weighted by Gasteiger charge is 2.14. The number of anilines is 1. The summed E-state index contributed by atoms with van der Waals surface area (Å²) in [5.74, 6) is -0.925. The Morgan fingerprint density at radius 1 is 1.11 bits per heavy atom. The molecule has 0 aliphatic rings. The van der Waals surface area contributed by atoms with Crippen molar-refractivity contribution in [2.75, 3.05) is 5.32 Å². The maximum absolute atomic E-state index is 12.9. The van der Waals surface area contributed by atoms with E-state index in [-0.39, 0.29) is 23.2 Å². The second-order valence-electron chi connectivity index (χ2n) is 5.60. The molecule has 2 heterocycles. The monoisotopic (exact) mass is 385 g/mol. The maximum atomic E-state index is 12.9. The third-order valence-corrected chi connectivity index (χ3v) is 4.52. The Balaban J connectivity index is 1.46. The highest BCUT2D eigenvalue weighted by Crippen LogP contribution is 2.15. The van der Waals surface area contributed by atoms with Crippen molar-refractivity contribution >= 4 is 28.8 Å². The van der Waals surface area contributed by atoms with Crippen molar-refractivity contribution in [3.05, 3.63) is 70.2 Å². The van der Waals surface area contributed by atoms with Crippen LogP contribution < -0.4 is 10.6 Å². The zero-order chi connectivity index (χ0) is 19.1. The molecular formula is C18H16FN5O2S. The van der Waals surface area contributed by atoms with Crippen LogP contribution in [0.5, 0.6) is 0 Å². The van der Waals surface area contributed by atoms with Crippen LogP contribution in [0, 0.1) is 5.82 Å². The second-order valence-corrected chi connectivity index (χ2v) is 6.66. The van der Waals surface area contributed by atoms with Gasteiger partial charge in [-0.1, -0.05) is 17.4 Å². The first-order valence-corrected chi connectivity index (χ1v) is 8.97. The molecule has 0 atom stereocenters. The lowest BCUT2D eigenvalue weighted by Gasteiger charge is -2.03. The molecule has 0 bridgehead atoms. The summed E-state index contributed by atoms with van der Waals surface area (Å²) in [5.41, 5.74) is 1.38. The number of amides is 2. The largest absolute Gasteiger partial charge is 0.352 e. The number of nitrogens with zero attached hydrogens (tertiary/aromatic N) is 3. The van der Waals surface area contributed by atoms with Crippen LogP contribution in [-0.2, 0) is 17.8 Å². The molecule has 0 fully saturated rings. The summed E-state index contributed by atoms with van der Waals surface area (Å²) in [4.78, 5) is 28.0. The molecule has 2 N–H and O–H groups in total. The maximum Gasteiger partial charge on any atom is 0.286 e. The second kappa shape index (κ2) is 8.95. The average molecular weight is 385 g/mol. The summed E-state index contributed by atoms with van der Waals surface area (Å²) in [6.45, 7) is 0.411. The van der Waals surface area contributed by atoms with Gasteiger partial charge in [0.2, 0.25) is 10.9 Å². The molecule has 138 valence electrons. The van der Waals surface area contributed by atoms with Gasteiger partial charge >= 0.3 is 0 Å². The van der Waals surface area contributed by atoms with Crippen LogP contribution in [0.3, 0.4) is 0 Å². The Morgan fingerprint density at radius 3 is 2.67 bits per heavy atom. The molecular weight excluding hydrogens is 369 g/mol. The fourth-order valence-corrected chi connectivity index (χ4v) is 2.91. The first-order chi connectivity index (χ1) is 13.1. The van der Waals surface area contributed by atoms with Gasteiger partial charge in [0.15, 0.2) is 0 Å². The van der Waals surface area contributed by atoms with E-state index >= 15 is 0 Å². The molecule has 2 amide bonds. The quantitative estimate of drug-likeness (QED) is 0.652. The average Bonchev–Trinajstić information content (AvgIpc) is 3.16. The van der Waals surface area contributed by atoms with Gasteiger partial charge in [-0.2, -0.15) is 0 Å². The Labute approximate surface area is 158 Å². The van der Waals surface area contributed by atoms with E-state index in [1.807, 2.05) is 6.07 Å². The Morgan fingerprint density at radius 2 is 1.93 bits per heavy atom. The third kappa shape index (κ3) is 5.65. The van der Waals surface area contributed by atoms with Crippen molar-refractivity contribution in [2.45, 2.75) is 19.4 Å². The van der Waals surface area contributed by atoms with Crippen LogP contribution in [0.15, 0.2) is 48.8 Å². The molecule has 0 aliphatic carbocycles. The Hall–Kier alpha value is -3.20.